The molecule has 0 aromatic rings. The van der Waals surface area contributed by atoms with Crippen LogP contribution in [0.5, 0.6) is 0 Å². The first-order chi connectivity index (χ1) is 7.49. The Hall–Kier alpha value is -0.0800. The predicted octanol–water partition coefficient (Wildman–Crippen LogP) is 2.64. The molecule has 1 heterocycles. The van der Waals surface area contributed by atoms with Crippen molar-refractivity contribution in [3.8, 4) is 0 Å². The maximum Gasteiger partial charge on any atom is 0.0309 e. The Labute approximate surface area is 101 Å². The van der Waals surface area contributed by atoms with Crippen LogP contribution < -0.4 is 5.32 Å². The minimum atomic E-state index is 0.438. The van der Waals surface area contributed by atoms with Crippen molar-refractivity contribution in [2.75, 3.05) is 26.2 Å². The fourth-order valence-corrected chi connectivity index (χ4v) is 3.41. The van der Waals surface area contributed by atoms with E-state index < -0.39 is 0 Å². The molecular formula is C14H28N2. The minimum Gasteiger partial charge on any atom is -0.309 e. The number of nitrogens with one attached hydrogen (secondary N) is 1. The SMILES string of the molecule is CC(C)(C)CN1CCNC2(CCCCC2)C1. The molecule has 1 aliphatic heterocycles. The molecule has 94 valence electrons. The molecule has 16 heavy (non-hydrogen) atoms. The monoisotopic (exact) mass is 224 g/mol. The Morgan fingerprint density at radius 3 is 2.44 bits per heavy atom. The Morgan fingerprint density at radius 2 is 1.81 bits per heavy atom. The largest absolute Gasteiger partial charge is 0.309 e. The van der Waals surface area contributed by atoms with Crippen molar-refractivity contribution in [1.29, 1.82) is 0 Å². The lowest BCUT2D eigenvalue weighted by molar-refractivity contribution is 0.0753. The van der Waals surface area contributed by atoms with Gasteiger partial charge in [0.05, 0.1) is 0 Å². The second-order valence-electron chi connectivity index (χ2n) is 7.04. The zero-order valence-corrected chi connectivity index (χ0v) is 11.3. The predicted molar refractivity (Wildman–Crippen MR) is 69.7 cm³/mol. The standard InChI is InChI=1S/C14H28N2/c1-13(2,3)11-16-10-9-15-14(12-16)7-5-4-6-8-14/h15H,4-12H2,1-3H3. The van der Waals surface area contributed by atoms with E-state index in [2.05, 4.69) is 31.0 Å². The van der Waals surface area contributed by atoms with Crippen LogP contribution in [0, 0.1) is 5.41 Å². The van der Waals surface area contributed by atoms with Crippen LogP contribution in [0.2, 0.25) is 0 Å². The Balaban J connectivity index is 1.92. The highest BCUT2D eigenvalue weighted by molar-refractivity contribution is 4.97. The Morgan fingerprint density at radius 1 is 1.12 bits per heavy atom. The lowest BCUT2D eigenvalue weighted by Gasteiger charge is -2.47. The molecule has 0 aromatic heterocycles. The van der Waals surface area contributed by atoms with Gasteiger partial charge in [0.25, 0.3) is 0 Å². The summed E-state index contributed by atoms with van der Waals surface area (Å²) in [6, 6.07) is 0. The third-order valence-electron chi connectivity index (χ3n) is 3.96. The van der Waals surface area contributed by atoms with E-state index in [4.69, 9.17) is 0 Å². The fraction of sp³-hybridized carbons (Fsp3) is 1.00. The molecule has 2 heteroatoms. The topological polar surface area (TPSA) is 15.3 Å². The van der Waals surface area contributed by atoms with E-state index in [0.29, 0.717) is 11.0 Å². The molecular weight excluding hydrogens is 196 g/mol. The highest BCUT2D eigenvalue weighted by Crippen LogP contribution is 2.31. The molecule has 0 amide bonds. The van der Waals surface area contributed by atoms with Gasteiger partial charge in [-0.25, -0.2) is 0 Å². The summed E-state index contributed by atoms with van der Waals surface area (Å²) in [5.74, 6) is 0. The van der Waals surface area contributed by atoms with Gasteiger partial charge in [0.2, 0.25) is 0 Å². The fourth-order valence-electron chi connectivity index (χ4n) is 3.41. The maximum absolute atomic E-state index is 3.81. The summed E-state index contributed by atoms with van der Waals surface area (Å²) in [7, 11) is 0. The first kappa shape index (κ1) is 12.4. The van der Waals surface area contributed by atoms with Gasteiger partial charge in [0.15, 0.2) is 0 Å². The van der Waals surface area contributed by atoms with E-state index in [9.17, 15) is 0 Å². The highest BCUT2D eigenvalue weighted by atomic mass is 15.2. The van der Waals surface area contributed by atoms with E-state index in [0.717, 1.165) is 0 Å². The lowest BCUT2D eigenvalue weighted by atomic mass is 9.79. The Bertz CT molecular complexity index is 218. The molecule has 2 fully saturated rings. The number of hydrogen-bond donors (Lipinski definition) is 1. The number of piperazine rings is 1. The summed E-state index contributed by atoms with van der Waals surface area (Å²) in [6.07, 6.45) is 7.09. The number of rotatable bonds is 1. The average Bonchev–Trinajstić information content (AvgIpc) is 2.16. The van der Waals surface area contributed by atoms with E-state index in [1.165, 1.54) is 58.3 Å². The molecule has 2 aliphatic rings. The van der Waals surface area contributed by atoms with Crippen LogP contribution >= 0.6 is 0 Å². The number of nitrogens with zero attached hydrogens (tertiary/aromatic N) is 1. The summed E-state index contributed by atoms with van der Waals surface area (Å²) in [4.78, 5) is 2.68. The van der Waals surface area contributed by atoms with Crippen LogP contribution in [-0.2, 0) is 0 Å². The van der Waals surface area contributed by atoms with Crippen LogP contribution in [0.25, 0.3) is 0 Å². The van der Waals surface area contributed by atoms with E-state index in [1.54, 1.807) is 0 Å². The molecule has 0 aromatic carbocycles. The van der Waals surface area contributed by atoms with E-state index in [1.807, 2.05) is 0 Å². The van der Waals surface area contributed by atoms with Gasteiger partial charge in [-0.05, 0) is 18.3 Å². The van der Waals surface area contributed by atoms with Crippen LogP contribution in [0.1, 0.15) is 52.9 Å². The van der Waals surface area contributed by atoms with Gasteiger partial charge < -0.3 is 5.32 Å². The van der Waals surface area contributed by atoms with Crippen LogP contribution in [-0.4, -0.2) is 36.6 Å². The van der Waals surface area contributed by atoms with Gasteiger partial charge in [-0.1, -0.05) is 40.0 Å². The van der Waals surface area contributed by atoms with Crippen LogP contribution in [0.15, 0.2) is 0 Å². The van der Waals surface area contributed by atoms with Crippen molar-refractivity contribution in [3.63, 3.8) is 0 Å². The molecule has 2 nitrogen and oxygen atoms in total. The van der Waals surface area contributed by atoms with Crippen molar-refractivity contribution in [3.05, 3.63) is 0 Å². The molecule has 0 unspecified atom stereocenters. The maximum atomic E-state index is 3.81. The summed E-state index contributed by atoms with van der Waals surface area (Å²) in [5, 5.41) is 3.81. The van der Waals surface area contributed by atoms with Crippen LogP contribution in [0.3, 0.4) is 0 Å². The second kappa shape index (κ2) is 4.66. The van der Waals surface area contributed by atoms with E-state index >= 15 is 0 Å². The highest BCUT2D eigenvalue weighted by Gasteiger charge is 2.36. The molecule has 0 bridgehead atoms. The molecule has 1 N–H and O–H groups in total. The molecule has 1 aliphatic carbocycles. The quantitative estimate of drug-likeness (QED) is 0.736. The summed E-state index contributed by atoms with van der Waals surface area (Å²) in [6.45, 7) is 12.0. The Kier molecular flexibility index (Phi) is 3.60. The molecule has 1 saturated carbocycles. The van der Waals surface area contributed by atoms with Gasteiger partial charge in [0.1, 0.15) is 0 Å². The minimum absolute atomic E-state index is 0.438. The molecule has 1 saturated heterocycles. The summed E-state index contributed by atoms with van der Waals surface area (Å²) >= 11 is 0. The lowest BCUT2D eigenvalue weighted by Crippen LogP contribution is -2.61. The van der Waals surface area contributed by atoms with Crippen LogP contribution in [0.4, 0.5) is 0 Å². The zero-order valence-electron chi connectivity index (χ0n) is 11.3. The third kappa shape index (κ3) is 3.21. The summed E-state index contributed by atoms with van der Waals surface area (Å²) in [5.41, 5.74) is 0.912. The zero-order chi connectivity index (χ0) is 11.6. The van der Waals surface area contributed by atoms with Gasteiger partial charge in [-0.3, -0.25) is 4.90 Å². The van der Waals surface area contributed by atoms with Crippen molar-refractivity contribution < 1.29 is 0 Å². The third-order valence-corrected chi connectivity index (χ3v) is 3.96. The van der Waals surface area contributed by atoms with Crippen molar-refractivity contribution in [1.82, 2.24) is 10.2 Å². The van der Waals surface area contributed by atoms with Gasteiger partial charge in [0, 0.05) is 31.7 Å². The molecule has 0 radical (unpaired) electrons. The molecule has 2 rings (SSSR count). The van der Waals surface area contributed by atoms with Crippen molar-refractivity contribution >= 4 is 0 Å². The molecule has 1 spiro atoms. The summed E-state index contributed by atoms with van der Waals surface area (Å²) < 4.78 is 0. The average molecular weight is 224 g/mol. The normalized spacial score (nSPS) is 27.2. The second-order valence-corrected chi connectivity index (χ2v) is 7.04. The van der Waals surface area contributed by atoms with Gasteiger partial charge in [-0.2, -0.15) is 0 Å². The first-order valence-electron chi connectivity index (χ1n) is 6.97. The number of hydrogen-bond acceptors (Lipinski definition) is 2. The smallest absolute Gasteiger partial charge is 0.0309 e. The van der Waals surface area contributed by atoms with Crippen molar-refractivity contribution in [2.45, 2.75) is 58.4 Å². The van der Waals surface area contributed by atoms with Crippen molar-refractivity contribution in [2.24, 2.45) is 5.41 Å². The van der Waals surface area contributed by atoms with E-state index in [-0.39, 0.29) is 0 Å². The molecule has 0 atom stereocenters. The van der Waals surface area contributed by atoms with Gasteiger partial charge >= 0.3 is 0 Å². The van der Waals surface area contributed by atoms with Gasteiger partial charge in [-0.15, -0.1) is 0 Å². The first-order valence-corrected chi connectivity index (χ1v) is 6.97.